The van der Waals surface area contributed by atoms with E-state index in [0.717, 1.165) is 0 Å². The monoisotopic (exact) mass is 408 g/mol. The van der Waals surface area contributed by atoms with E-state index < -0.39 is 32.1 Å². The number of hydrogen-bond acceptors (Lipinski definition) is 6. The van der Waals surface area contributed by atoms with Gasteiger partial charge in [0.15, 0.2) is 0 Å². The first kappa shape index (κ1) is 18.6. The molecule has 12 heteroatoms. The molecule has 0 aromatic carbocycles. The van der Waals surface area contributed by atoms with E-state index in [-0.39, 0.29) is 13.2 Å². The Bertz CT molecular complexity index is 341. The molecular weight excluding hydrogens is 405 g/mol. The summed E-state index contributed by atoms with van der Waals surface area (Å²) in [6.45, 7) is 0.110. The van der Waals surface area contributed by atoms with Gasteiger partial charge in [-0.25, -0.2) is 9.59 Å². The van der Waals surface area contributed by atoms with Gasteiger partial charge in [0.25, 0.3) is 20.2 Å². The highest BCUT2D eigenvalue weighted by atomic mass is 35.6. The van der Waals surface area contributed by atoms with Crippen LogP contribution in [0.5, 0.6) is 0 Å². The molecule has 116 valence electrons. The summed E-state index contributed by atoms with van der Waals surface area (Å²) in [5.41, 5.74) is 0. The lowest BCUT2D eigenvalue weighted by atomic mass is 10.5. The molecule has 1 aliphatic heterocycles. The van der Waals surface area contributed by atoms with Crippen LogP contribution in [0, 0.1) is 0 Å². The molecule has 0 aromatic heterocycles. The molecule has 1 saturated heterocycles. The minimum Gasteiger partial charge on any atom is -0.426 e. The highest BCUT2D eigenvalue weighted by Gasteiger charge is 2.43. The van der Waals surface area contributed by atoms with E-state index in [4.69, 9.17) is 88.6 Å². The quantitative estimate of drug-likeness (QED) is 0.514. The maximum Gasteiger partial charge on any atom is 0.361 e. The van der Waals surface area contributed by atoms with E-state index in [1.54, 1.807) is 0 Å². The normalized spacial score (nSPS) is 24.1. The van der Waals surface area contributed by atoms with Crippen LogP contribution in [0.1, 0.15) is 0 Å². The Morgan fingerprint density at radius 1 is 0.800 bits per heavy atom. The second-order valence-corrected chi connectivity index (χ2v) is 7.85. The lowest BCUT2D eigenvalue weighted by Gasteiger charge is -2.31. The average Bonchev–Trinajstić information content (AvgIpc) is 2.29. The van der Waals surface area contributed by atoms with Crippen molar-refractivity contribution in [2.75, 3.05) is 13.2 Å². The summed E-state index contributed by atoms with van der Waals surface area (Å²) in [6, 6.07) is 0. The molecule has 1 fully saturated rings. The standard InChI is InChI=1S/C8H6Cl6O6/c9-7(10,11)5(15)19-3-4(18-2-1-17-3)20-6(16)8(12,13)14/h3-4H,1-2H2/t3-,4-/m0/s1. The molecule has 0 aliphatic carbocycles. The van der Waals surface area contributed by atoms with E-state index in [9.17, 15) is 9.59 Å². The van der Waals surface area contributed by atoms with Gasteiger partial charge >= 0.3 is 11.9 Å². The van der Waals surface area contributed by atoms with Gasteiger partial charge in [-0.05, 0) is 0 Å². The Balaban J connectivity index is 2.68. The third kappa shape index (κ3) is 5.77. The van der Waals surface area contributed by atoms with Gasteiger partial charge in [-0.3, -0.25) is 0 Å². The fraction of sp³-hybridized carbons (Fsp3) is 0.750. The summed E-state index contributed by atoms with van der Waals surface area (Å²) in [6.07, 6.45) is -2.91. The molecule has 0 aromatic rings. The van der Waals surface area contributed by atoms with Crippen molar-refractivity contribution in [2.24, 2.45) is 0 Å². The fourth-order valence-corrected chi connectivity index (χ4v) is 1.28. The van der Waals surface area contributed by atoms with Gasteiger partial charge in [-0.2, -0.15) is 0 Å². The summed E-state index contributed by atoms with van der Waals surface area (Å²) in [5, 5.41) is 0. The number of halogens is 6. The van der Waals surface area contributed by atoms with Crippen molar-refractivity contribution in [3.63, 3.8) is 0 Å². The topological polar surface area (TPSA) is 71.1 Å². The van der Waals surface area contributed by atoms with Crippen molar-refractivity contribution >= 4 is 81.5 Å². The Hall–Kier alpha value is 0.600. The average molecular weight is 411 g/mol. The van der Waals surface area contributed by atoms with Crippen LogP contribution in [-0.4, -0.2) is 45.3 Å². The third-order valence-corrected chi connectivity index (χ3v) is 2.70. The maximum atomic E-state index is 11.4. The number of alkyl halides is 6. The molecule has 0 N–H and O–H groups in total. The molecule has 0 unspecified atom stereocenters. The molecule has 0 bridgehead atoms. The lowest BCUT2D eigenvalue weighted by Crippen LogP contribution is -2.46. The predicted octanol–water partition coefficient (Wildman–Crippen LogP) is 2.51. The number of carbonyl (C=O) groups excluding carboxylic acids is 2. The van der Waals surface area contributed by atoms with Gasteiger partial charge < -0.3 is 18.9 Å². The number of esters is 2. The van der Waals surface area contributed by atoms with Crippen LogP contribution in [0.4, 0.5) is 0 Å². The third-order valence-electron chi connectivity index (χ3n) is 1.78. The SMILES string of the molecule is O=C(O[C@@H]1OCCO[C@H]1OC(=O)C(Cl)(Cl)Cl)C(Cl)(Cl)Cl. The summed E-state index contributed by atoms with van der Waals surface area (Å²) >= 11 is 31.9. The summed E-state index contributed by atoms with van der Waals surface area (Å²) in [5.74, 6) is -2.49. The second-order valence-electron chi connectivity index (χ2n) is 3.28. The van der Waals surface area contributed by atoms with Crippen molar-refractivity contribution in [3.8, 4) is 0 Å². The van der Waals surface area contributed by atoms with Gasteiger partial charge in [0.05, 0.1) is 13.2 Å². The Morgan fingerprint density at radius 3 is 1.35 bits per heavy atom. The summed E-state index contributed by atoms with van der Waals surface area (Å²) in [7, 11) is 0. The summed E-state index contributed by atoms with van der Waals surface area (Å²) < 4.78 is 14.8. The van der Waals surface area contributed by atoms with Gasteiger partial charge in [0, 0.05) is 0 Å². The van der Waals surface area contributed by atoms with Crippen molar-refractivity contribution in [3.05, 3.63) is 0 Å². The first-order valence-electron chi connectivity index (χ1n) is 4.80. The van der Waals surface area contributed by atoms with Crippen LogP contribution in [0.3, 0.4) is 0 Å². The van der Waals surface area contributed by atoms with E-state index >= 15 is 0 Å². The van der Waals surface area contributed by atoms with Crippen LogP contribution in [-0.2, 0) is 28.5 Å². The van der Waals surface area contributed by atoms with Gasteiger partial charge in [0.1, 0.15) is 0 Å². The lowest BCUT2D eigenvalue weighted by molar-refractivity contribution is -0.302. The molecule has 0 radical (unpaired) electrons. The zero-order chi connectivity index (χ0) is 15.6. The molecule has 1 heterocycles. The van der Waals surface area contributed by atoms with E-state index in [1.807, 2.05) is 0 Å². The van der Waals surface area contributed by atoms with Crippen molar-refractivity contribution in [1.29, 1.82) is 0 Å². The molecule has 0 spiro atoms. The molecule has 0 saturated carbocycles. The molecule has 1 aliphatic rings. The molecular formula is C8H6Cl6O6. The van der Waals surface area contributed by atoms with Gasteiger partial charge in [-0.1, -0.05) is 69.6 Å². The first-order chi connectivity index (χ1) is 9.01. The van der Waals surface area contributed by atoms with Crippen molar-refractivity contribution in [2.45, 2.75) is 20.2 Å². The van der Waals surface area contributed by atoms with E-state index in [0.29, 0.717) is 0 Å². The van der Waals surface area contributed by atoms with Crippen molar-refractivity contribution in [1.82, 2.24) is 0 Å². The van der Waals surface area contributed by atoms with Crippen LogP contribution < -0.4 is 0 Å². The van der Waals surface area contributed by atoms with E-state index in [2.05, 4.69) is 0 Å². The number of rotatable bonds is 2. The Kier molecular flexibility index (Phi) is 6.75. The van der Waals surface area contributed by atoms with Crippen molar-refractivity contribution < 1.29 is 28.5 Å². The Morgan fingerprint density at radius 2 is 1.10 bits per heavy atom. The summed E-state index contributed by atoms with van der Waals surface area (Å²) in [4.78, 5) is 22.8. The predicted molar refractivity (Wildman–Crippen MR) is 72.2 cm³/mol. The molecule has 20 heavy (non-hydrogen) atoms. The minimum absolute atomic E-state index is 0.0552. The molecule has 2 atom stereocenters. The first-order valence-corrected chi connectivity index (χ1v) is 7.07. The Labute approximate surface area is 143 Å². The van der Waals surface area contributed by atoms with E-state index in [1.165, 1.54) is 0 Å². The van der Waals surface area contributed by atoms with Crippen LogP contribution in [0.15, 0.2) is 0 Å². The van der Waals surface area contributed by atoms with Crippen LogP contribution in [0.25, 0.3) is 0 Å². The van der Waals surface area contributed by atoms with Crippen LogP contribution >= 0.6 is 69.6 Å². The fourth-order valence-electron chi connectivity index (χ4n) is 1.01. The van der Waals surface area contributed by atoms with Gasteiger partial charge in [0.2, 0.25) is 0 Å². The smallest absolute Gasteiger partial charge is 0.361 e. The number of ether oxygens (including phenoxy) is 4. The maximum absolute atomic E-state index is 11.4. The zero-order valence-electron chi connectivity index (χ0n) is 9.29. The second kappa shape index (κ2) is 7.24. The molecule has 1 rings (SSSR count). The highest BCUT2D eigenvalue weighted by Crippen LogP contribution is 2.31. The molecule has 0 amide bonds. The number of carbonyl (C=O) groups is 2. The number of hydrogen-bond donors (Lipinski definition) is 0. The minimum atomic E-state index is -2.33. The molecule has 6 nitrogen and oxygen atoms in total. The largest absolute Gasteiger partial charge is 0.426 e. The van der Waals surface area contributed by atoms with Crippen LogP contribution in [0.2, 0.25) is 0 Å². The highest BCUT2D eigenvalue weighted by molar-refractivity contribution is 6.76. The van der Waals surface area contributed by atoms with Gasteiger partial charge in [-0.15, -0.1) is 0 Å². The zero-order valence-corrected chi connectivity index (χ0v) is 13.8.